The van der Waals surface area contributed by atoms with Gasteiger partial charge in [-0.3, -0.25) is 9.59 Å². The van der Waals surface area contributed by atoms with Crippen molar-refractivity contribution in [3.05, 3.63) is 144 Å². The molecule has 17 heteroatoms. The smallest absolute Gasteiger partial charge is 0.416 e. The molecular formula is C38H34F3N7O6S. The summed E-state index contributed by atoms with van der Waals surface area (Å²) in [4.78, 5) is 38.7. The fourth-order valence-electron chi connectivity index (χ4n) is 5.07. The molecule has 0 unspecified atom stereocenters. The Morgan fingerprint density at radius 1 is 0.964 bits per heavy atom. The Balaban J connectivity index is 0.00000109. The first-order valence-electron chi connectivity index (χ1n) is 16.4. The minimum atomic E-state index is -4.63. The van der Waals surface area contributed by atoms with Gasteiger partial charge in [0, 0.05) is 47.3 Å². The summed E-state index contributed by atoms with van der Waals surface area (Å²) in [6, 6.07) is 23.0. The topological polar surface area (TPSA) is 172 Å². The average Bonchev–Trinajstić information content (AvgIpc) is 3.57. The Kier molecular flexibility index (Phi) is 12.4. The molecule has 0 aliphatic rings. The third-order valence-electron chi connectivity index (χ3n) is 7.63. The Hall–Kier alpha value is -6.46. The summed E-state index contributed by atoms with van der Waals surface area (Å²) in [6.45, 7) is 3.58. The predicted molar refractivity (Wildman–Crippen MR) is 195 cm³/mol. The summed E-state index contributed by atoms with van der Waals surface area (Å²) >= 11 is 0. The lowest BCUT2D eigenvalue weighted by atomic mass is 10.1. The highest BCUT2D eigenvalue weighted by atomic mass is 32.2. The molecule has 55 heavy (non-hydrogen) atoms. The van der Waals surface area contributed by atoms with E-state index in [2.05, 4.69) is 25.6 Å². The molecule has 0 fully saturated rings. The number of nitrogens with one attached hydrogen (secondary N) is 2. The van der Waals surface area contributed by atoms with Crippen LogP contribution in [0, 0.1) is 13.8 Å². The van der Waals surface area contributed by atoms with Crippen LogP contribution in [0.25, 0.3) is 16.9 Å². The summed E-state index contributed by atoms with van der Waals surface area (Å²) in [5, 5.41) is 5.74. The van der Waals surface area contributed by atoms with Crippen LogP contribution in [-0.4, -0.2) is 50.6 Å². The zero-order valence-corrected chi connectivity index (χ0v) is 30.4. The third-order valence-corrected chi connectivity index (χ3v) is 7.63. The highest BCUT2D eigenvalue weighted by Gasteiger charge is 2.31. The minimum absolute atomic E-state index is 0.0226. The number of anilines is 3. The molecule has 0 aliphatic carbocycles. The van der Waals surface area contributed by atoms with Gasteiger partial charge in [0.1, 0.15) is 0 Å². The number of carbonyl (C=O) groups excluding carboxylic acids is 2. The molecule has 3 aromatic carbocycles. The van der Waals surface area contributed by atoms with E-state index in [1.165, 1.54) is 17.0 Å². The number of alkyl halides is 3. The molecule has 6 aromatic rings. The van der Waals surface area contributed by atoms with Crippen LogP contribution < -0.4 is 15.2 Å². The molecule has 6 rings (SSSR count). The van der Waals surface area contributed by atoms with E-state index in [1.807, 2.05) is 49.4 Å². The number of aryl methyl sites for hydroxylation is 2. The second kappa shape index (κ2) is 17.1. The number of hydrogen-bond donors (Lipinski definition) is 2. The van der Waals surface area contributed by atoms with E-state index in [1.54, 1.807) is 60.5 Å². The monoisotopic (exact) mass is 773 g/mol. The van der Waals surface area contributed by atoms with E-state index >= 15 is 0 Å². The van der Waals surface area contributed by atoms with E-state index in [-0.39, 0.29) is 42.0 Å². The van der Waals surface area contributed by atoms with Crippen LogP contribution in [0.2, 0.25) is 0 Å². The number of nitrogens with zero attached hydrogens (tertiary/aromatic N) is 5. The average molecular weight is 774 g/mol. The summed E-state index contributed by atoms with van der Waals surface area (Å²) in [5.41, 5.74) is 3.61. The molecule has 3 heterocycles. The van der Waals surface area contributed by atoms with Crippen LogP contribution in [0.3, 0.4) is 0 Å². The SMILES string of the molecule is CS(=O)(=O)[O-].Cc1cn(-c2cc(NC(=O)c3ccc(C)c(Nc4nccc(-c5ccc[n+](COC(=O)Cc6ccccc6)c5)n4)c3)cc(C(F)(F)F)c2)cn1. The molecule has 0 saturated heterocycles. The van der Waals surface area contributed by atoms with E-state index in [4.69, 9.17) is 17.7 Å². The predicted octanol–water partition coefficient (Wildman–Crippen LogP) is 6.15. The zero-order valence-electron chi connectivity index (χ0n) is 29.6. The lowest BCUT2D eigenvalue weighted by Crippen LogP contribution is -2.35. The largest absolute Gasteiger partial charge is 0.748 e. The van der Waals surface area contributed by atoms with Crippen LogP contribution in [0.15, 0.2) is 116 Å². The highest BCUT2D eigenvalue weighted by molar-refractivity contribution is 7.84. The first-order chi connectivity index (χ1) is 26.0. The van der Waals surface area contributed by atoms with Crippen LogP contribution in [0.5, 0.6) is 0 Å². The molecule has 3 aromatic heterocycles. The van der Waals surface area contributed by atoms with Gasteiger partial charge in [0.2, 0.25) is 5.95 Å². The van der Waals surface area contributed by atoms with Gasteiger partial charge in [0.05, 0.1) is 45.4 Å². The van der Waals surface area contributed by atoms with E-state index in [0.29, 0.717) is 23.3 Å². The number of esters is 1. The zero-order chi connectivity index (χ0) is 39.8. The van der Waals surface area contributed by atoms with Crippen molar-refractivity contribution in [2.75, 3.05) is 16.9 Å². The third kappa shape index (κ3) is 12.0. The highest BCUT2D eigenvalue weighted by Crippen LogP contribution is 2.33. The molecule has 284 valence electrons. The fourth-order valence-corrected chi connectivity index (χ4v) is 5.07. The standard InChI is InChI=1S/C37H30F3N7O3.CH4O3S/c1-24-10-11-27(35(49)43-30-17-29(37(38,39)40)18-31(19-30)47-20-25(2)42-22-47)16-33(24)45-36-41-13-12-32(44-36)28-9-6-14-46(21-28)23-50-34(48)15-26-7-4-3-5-8-26;1-5(2,3)4/h3-14,16-22H,15,23H2,1-2H3,(H-,41,43,44,45,49);1H3,(H,2,3,4). The second-order valence-electron chi connectivity index (χ2n) is 12.2. The molecule has 13 nitrogen and oxygen atoms in total. The molecule has 1 amide bonds. The van der Waals surface area contributed by atoms with Crippen LogP contribution in [0.1, 0.15) is 32.7 Å². The van der Waals surface area contributed by atoms with Crippen molar-refractivity contribution in [1.29, 1.82) is 0 Å². The quantitative estimate of drug-likeness (QED) is 0.0934. The van der Waals surface area contributed by atoms with Crippen molar-refractivity contribution >= 4 is 39.3 Å². The van der Waals surface area contributed by atoms with E-state index in [9.17, 15) is 22.8 Å². The lowest BCUT2D eigenvalue weighted by molar-refractivity contribution is -0.727. The Bertz CT molecular complexity index is 2420. The van der Waals surface area contributed by atoms with Crippen molar-refractivity contribution < 1.29 is 45.0 Å². The van der Waals surface area contributed by atoms with Gasteiger partial charge in [-0.15, -0.1) is 0 Å². The van der Waals surface area contributed by atoms with Gasteiger partial charge in [-0.2, -0.15) is 17.7 Å². The fraction of sp³-hybridized carbons (Fsp3) is 0.158. The van der Waals surface area contributed by atoms with Crippen molar-refractivity contribution in [3.63, 3.8) is 0 Å². The van der Waals surface area contributed by atoms with E-state index < -0.39 is 27.8 Å². The maximum Gasteiger partial charge on any atom is 0.416 e. The number of imidazole rings is 1. The number of carbonyl (C=O) groups is 2. The molecule has 0 aliphatic heterocycles. The molecule has 0 radical (unpaired) electrons. The molecule has 2 N–H and O–H groups in total. The number of halogens is 3. The minimum Gasteiger partial charge on any atom is -0.748 e. The number of pyridine rings is 1. The lowest BCUT2D eigenvalue weighted by Gasteiger charge is -2.14. The second-order valence-corrected chi connectivity index (χ2v) is 13.6. The van der Waals surface area contributed by atoms with Gasteiger partial charge >= 0.3 is 12.1 Å². The van der Waals surface area contributed by atoms with Gasteiger partial charge in [-0.1, -0.05) is 36.4 Å². The first kappa shape index (κ1) is 39.7. The molecule has 0 atom stereocenters. The Morgan fingerprint density at radius 2 is 1.71 bits per heavy atom. The Morgan fingerprint density at radius 3 is 2.40 bits per heavy atom. The van der Waals surface area contributed by atoms with Gasteiger partial charge in [0.25, 0.3) is 12.6 Å². The number of amides is 1. The summed E-state index contributed by atoms with van der Waals surface area (Å²) in [5.74, 6) is -0.697. The number of ether oxygens (including phenoxy) is 1. The molecular weight excluding hydrogens is 740 g/mol. The number of benzene rings is 3. The van der Waals surface area contributed by atoms with Crippen molar-refractivity contribution in [3.8, 4) is 16.9 Å². The van der Waals surface area contributed by atoms with Crippen molar-refractivity contribution in [2.45, 2.75) is 33.2 Å². The number of hydrogen-bond acceptors (Lipinski definition) is 10. The van der Waals surface area contributed by atoms with Crippen molar-refractivity contribution in [1.82, 2.24) is 19.5 Å². The van der Waals surface area contributed by atoms with Crippen molar-refractivity contribution in [2.24, 2.45) is 0 Å². The molecule has 0 bridgehead atoms. The number of aromatic nitrogens is 5. The first-order valence-corrected chi connectivity index (χ1v) is 18.2. The summed E-state index contributed by atoms with van der Waals surface area (Å²) in [7, 11) is -3.92. The van der Waals surface area contributed by atoms with Crippen LogP contribution in [0.4, 0.5) is 30.5 Å². The molecule has 0 saturated carbocycles. The summed E-state index contributed by atoms with van der Waals surface area (Å²) in [6.07, 6.45) is 4.30. The van der Waals surface area contributed by atoms with Gasteiger partial charge in [0.15, 0.2) is 12.4 Å². The van der Waals surface area contributed by atoms with Gasteiger partial charge in [-0.05, 0) is 67.4 Å². The maximum atomic E-state index is 13.7. The van der Waals surface area contributed by atoms with Gasteiger partial charge < -0.3 is 24.5 Å². The number of rotatable bonds is 10. The Labute approximate surface area is 314 Å². The maximum absolute atomic E-state index is 13.7. The summed E-state index contributed by atoms with van der Waals surface area (Å²) < 4.78 is 77.1. The van der Waals surface area contributed by atoms with Gasteiger partial charge in [-0.25, -0.2) is 23.4 Å². The van der Waals surface area contributed by atoms with Crippen LogP contribution >= 0.6 is 0 Å². The molecule has 0 spiro atoms. The van der Waals surface area contributed by atoms with E-state index in [0.717, 1.165) is 28.8 Å². The van der Waals surface area contributed by atoms with Crippen LogP contribution in [-0.2, 0) is 39.0 Å². The normalized spacial score (nSPS) is 11.3.